The molecule has 6 N–H and O–H groups in total. The molecule has 0 spiro atoms. The van der Waals surface area contributed by atoms with Gasteiger partial charge in [-0.25, -0.2) is 4.79 Å². The minimum Gasteiger partial charge on any atom is -0.445 e. The van der Waals surface area contributed by atoms with Crippen molar-refractivity contribution in [2.75, 3.05) is 6.61 Å². The maximum Gasteiger partial charge on any atom is 0.408 e. The summed E-state index contributed by atoms with van der Waals surface area (Å²) >= 11 is 0. The molecule has 1 aromatic carbocycles. The van der Waals surface area contributed by atoms with Gasteiger partial charge in [-0.2, -0.15) is 0 Å². The lowest BCUT2D eigenvalue weighted by molar-refractivity contribution is -0.253. The molecule has 10 heteroatoms. The molecule has 1 aliphatic heterocycles. The fraction of sp³-hybridized carbons (Fsp3) is 0.529. The van der Waals surface area contributed by atoms with Gasteiger partial charge in [-0.15, -0.1) is 0 Å². The molecule has 0 saturated carbocycles. The number of hydrogen-bond donors (Lipinski definition) is 6. The first-order valence-corrected chi connectivity index (χ1v) is 8.41. The predicted octanol–water partition coefficient (Wildman–Crippen LogP) is -1.78. The number of amides is 2. The van der Waals surface area contributed by atoms with E-state index >= 15 is 0 Å². The highest BCUT2D eigenvalue weighted by Gasteiger charge is 2.44. The summed E-state index contributed by atoms with van der Waals surface area (Å²) in [5.41, 5.74) is 0.780. The van der Waals surface area contributed by atoms with Gasteiger partial charge >= 0.3 is 6.09 Å². The third-order valence-corrected chi connectivity index (χ3v) is 4.15. The van der Waals surface area contributed by atoms with Crippen LogP contribution in [0.1, 0.15) is 12.5 Å². The first-order valence-electron chi connectivity index (χ1n) is 8.41. The van der Waals surface area contributed by atoms with Gasteiger partial charge in [0.25, 0.3) is 0 Å². The number of carbonyl (C=O) groups excluding carboxylic acids is 2. The molecule has 1 heterocycles. The summed E-state index contributed by atoms with van der Waals surface area (Å²) in [7, 11) is 0. The van der Waals surface area contributed by atoms with E-state index in [0.29, 0.717) is 0 Å². The van der Waals surface area contributed by atoms with E-state index in [1.165, 1.54) is 6.92 Å². The quantitative estimate of drug-likeness (QED) is 0.336. The summed E-state index contributed by atoms with van der Waals surface area (Å²) in [6, 6.07) is 6.60. The normalized spacial score (nSPS) is 28.9. The molecule has 6 atom stereocenters. The topological polar surface area (TPSA) is 158 Å². The van der Waals surface area contributed by atoms with Crippen LogP contribution in [0, 0.1) is 0 Å². The SMILES string of the molecule is C[C@H](NC(=O)OCc1ccccc1)C(=O)N[C@@H]1C(O)O[C@H](CO)[C@H](O)[C@H]1O. The Balaban J connectivity index is 1.83. The minimum absolute atomic E-state index is 0.0314. The van der Waals surface area contributed by atoms with Gasteiger partial charge in [0.1, 0.15) is 37.0 Å². The number of aliphatic hydroxyl groups excluding tert-OH is 4. The van der Waals surface area contributed by atoms with Crippen LogP contribution in [0.5, 0.6) is 0 Å². The van der Waals surface area contributed by atoms with Crippen LogP contribution < -0.4 is 10.6 Å². The van der Waals surface area contributed by atoms with E-state index in [1.807, 2.05) is 6.07 Å². The molecular formula is C17H24N2O8. The summed E-state index contributed by atoms with van der Waals surface area (Å²) in [4.78, 5) is 24.0. The number of ether oxygens (including phenoxy) is 2. The van der Waals surface area contributed by atoms with Crippen molar-refractivity contribution in [3.63, 3.8) is 0 Å². The van der Waals surface area contributed by atoms with Crippen LogP contribution in [-0.4, -0.2) is 75.7 Å². The van der Waals surface area contributed by atoms with Crippen LogP contribution in [0.25, 0.3) is 0 Å². The van der Waals surface area contributed by atoms with Gasteiger partial charge in [-0.1, -0.05) is 30.3 Å². The average Bonchev–Trinajstić information content (AvgIpc) is 2.66. The molecule has 1 fully saturated rings. The molecule has 0 aliphatic carbocycles. The molecule has 150 valence electrons. The Labute approximate surface area is 155 Å². The van der Waals surface area contributed by atoms with E-state index in [2.05, 4.69) is 10.6 Å². The number of nitrogens with one attached hydrogen (secondary N) is 2. The lowest BCUT2D eigenvalue weighted by Crippen LogP contribution is -2.65. The molecule has 2 amide bonds. The fourth-order valence-corrected chi connectivity index (χ4v) is 2.55. The maximum absolute atomic E-state index is 12.2. The zero-order chi connectivity index (χ0) is 20.0. The van der Waals surface area contributed by atoms with Crippen LogP contribution in [-0.2, 0) is 20.9 Å². The molecular weight excluding hydrogens is 360 g/mol. The van der Waals surface area contributed by atoms with Gasteiger partial charge in [-0.05, 0) is 12.5 Å². The Morgan fingerprint density at radius 2 is 1.85 bits per heavy atom. The van der Waals surface area contributed by atoms with Gasteiger partial charge in [0.05, 0.1) is 6.61 Å². The second-order valence-electron chi connectivity index (χ2n) is 6.19. The zero-order valence-electron chi connectivity index (χ0n) is 14.7. The number of alkyl carbamates (subject to hydrolysis) is 1. The third-order valence-electron chi connectivity index (χ3n) is 4.15. The summed E-state index contributed by atoms with van der Waals surface area (Å²) in [5, 5.41) is 43.3. The monoisotopic (exact) mass is 384 g/mol. The van der Waals surface area contributed by atoms with Crippen molar-refractivity contribution in [3.8, 4) is 0 Å². The van der Waals surface area contributed by atoms with E-state index < -0.39 is 55.3 Å². The highest BCUT2D eigenvalue weighted by atomic mass is 16.6. The van der Waals surface area contributed by atoms with Crippen molar-refractivity contribution >= 4 is 12.0 Å². The van der Waals surface area contributed by atoms with Crippen molar-refractivity contribution in [1.82, 2.24) is 10.6 Å². The minimum atomic E-state index is -1.64. The Kier molecular flexibility index (Phi) is 7.51. The van der Waals surface area contributed by atoms with E-state index in [-0.39, 0.29) is 6.61 Å². The number of aliphatic hydroxyl groups is 4. The molecule has 0 aromatic heterocycles. The Hall–Kier alpha value is -2.24. The van der Waals surface area contributed by atoms with Crippen molar-refractivity contribution in [2.24, 2.45) is 0 Å². The van der Waals surface area contributed by atoms with Crippen LogP contribution in [0.15, 0.2) is 30.3 Å². The molecule has 0 bridgehead atoms. The maximum atomic E-state index is 12.2. The van der Waals surface area contributed by atoms with E-state index in [1.54, 1.807) is 24.3 Å². The summed E-state index contributed by atoms with van der Waals surface area (Å²) in [6.45, 7) is 0.805. The summed E-state index contributed by atoms with van der Waals surface area (Å²) in [5.74, 6) is -0.729. The Morgan fingerprint density at radius 3 is 2.48 bits per heavy atom. The van der Waals surface area contributed by atoms with Crippen molar-refractivity contribution in [1.29, 1.82) is 0 Å². The van der Waals surface area contributed by atoms with Gasteiger partial charge in [0.15, 0.2) is 6.29 Å². The fourth-order valence-electron chi connectivity index (χ4n) is 2.55. The number of carbonyl (C=O) groups is 2. The lowest BCUT2D eigenvalue weighted by atomic mass is 9.97. The molecule has 1 aliphatic rings. The first-order chi connectivity index (χ1) is 12.8. The molecule has 1 aromatic rings. The average molecular weight is 384 g/mol. The number of rotatable bonds is 6. The smallest absolute Gasteiger partial charge is 0.408 e. The van der Waals surface area contributed by atoms with Gasteiger partial charge < -0.3 is 40.5 Å². The van der Waals surface area contributed by atoms with Gasteiger partial charge in [0.2, 0.25) is 5.91 Å². The molecule has 1 saturated heterocycles. The van der Waals surface area contributed by atoms with Crippen molar-refractivity contribution < 1.29 is 39.5 Å². The molecule has 10 nitrogen and oxygen atoms in total. The predicted molar refractivity (Wildman–Crippen MR) is 91.1 cm³/mol. The van der Waals surface area contributed by atoms with Crippen molar-refractivity contribution in [2.45, 2.75) is 50.2 Å². The second kappa shape index (κ2) is 9.62. The first kappa shape index (κ1) is 21.1. The summed E-state index contributed by atoms with van der Waals surface area (Å²) < 4.78 is 9.95. The third kappa shape index (κ3) is 5.62. The largest absolute Gasteiger partial charge is 0.445 e. The molecule has 0 radical (unpaired) electrons. The Bertz CT molecular complexity index is 629. The van der Waals surface area contributed by atoms with Crippen LogP contribution >= 0.6 is 0 Å². The molecule has 27 heavy (non-hydrogen) atoms. The van der Waals surface area contributed by atoms with Crippen LogP contribution in [0.3, 0.4) is 0 Å². The second-order valence-corrected chi connectivity index (χ2v) is 6.19. The number of benzene rings is 1. The van der Waals surface area contributed by atoms with E-state index in [0.717, 1.165) is 5.56 Å². The van der Waals surface area contributed by atoms with Gasteiger partial charge in [-0.3, -0.25) is 4.79 Å². The number of hydrogen-bond acceptors (Lipinski definition) is 8. The van der Waals surface area contributed by atoms with E-state index in [9.17, 15) is 24.9 Å². The molecule has 2 rings (SSSR count). The highest BCUT2D eigenvalue weighted by Crippen LogP contribution is 2.19. The van der Waals surface area contributed by atoms with E-state index in [4.69, 9.17) is 14.6 Å². The lowest BCUT2D eigenvalue weighted by Gasteiger charge is -2.40. The van der Waals surface area contributed by atoms with Crippen molar-refractivity contribution in [3.05, 3.63) is 35.9 Å². The van der Waals surface area contributed by atoms with Gasteiger partial charge in [0, 0.05) is 0 Å². The Morgan fingerprint density at radius 1 is 1.19 bits per heavy atom. The highest BCUT2D eigenvalue weighted by molar-refractivity contribution is 5.85. The summed E-state index contributed by atoms with van der Waals surface area (Å²) in [6.07, 6.45) is -6.69. The zero-order valence-corrected chi connectivity index (χ0v) is 14.7. The molecule has 1 unspecified atom stereocenters. The van der Waals surface area contributed by atoms with Crippen LogP contribution in [0.4, 0.5) is 4.79 Å². The standard InChI is InChI=1S/C17H24N2O8/c1-9(18-17(25)26-8-10-5-3-2-4-6-10)15(23)19-12-14(22)13(21)11(7-20)27-16(12)24/h2-6,9,11-14,16,20-22,24H,7-8H2,1H3,(H,18,25)(H,19,23)/t9-,11+,12-,13-,14-,16?/m0/s1. The van der Waals surface area contributed by atoms with Crippen LogP contribution in [0.2, 0.25) is 0 Å².